The minimum absolute atomic E-state index is 0.302. The largest absolute Gasteiger partial charge is 0.496 e. The van der Waals surface area contributed by atoms with Crippen molar-refractivity contribution >= 4 is 12.1 Å². The number of carbonyl (C=O) groups is 2. The van der Waals surface area contributed by atoms with Crippen LogP contribution < -0.4 is 14.2 Å². The van der Waals surface area contributed by atoms with E-state index < -0.39 is 29.4 Å². The molecule has 1 amide bonds. The summed E-state index contributed by atoms with van der Waals surface area (Å²) in [6, 6.07) is 18.5. The van der Waals surface area contributed by atoms with Gasteiger partial charge in [0.05, 0.1) is 26.3 Å². The Morgan fingerprint density at radius 3 is 1.91 bits per heavy atom. The van der Waals surface area contributed by atoms with Crippen LogP contribution in [0.1, 0.15) is 75.4 Å². The summed E-state index contributed by atoms with van der Waals surface area (Å²) < 4.78 is 30.6. The first-order chi connectivity index (χ1) is 22.2. The van der Waals surface area contributed by atoms with Crippen molar-refractivity contribution in [3.8, 4) is 17.2 Å². The van der Waals surface area contributed by atoms with Crippen LogP contribution >= 0.6 is 0 Å². The van der Waals surface area contributed by atoms with E-state index in [1.165, 1.54) is 0 Å². The highest BCUT2D eigenvalue weighted by molar-refractivity contribution is 5.79. The van der Waals surface area contributed by atoms with Gasteiger partial charge in [0, 0.05) is 36.2 Å². The molecule has 0 radical (unpaired) electrons. The van der Waals surface area contributed by atoms with Gasteiger partial charge in [-0.25, -0.2) is 4.79 Å². The number of nitrogens with zero attached hydrogens (tertiary/aromatic N) is 2. The lowest BCUT2D eigenvalue weighted by Crippen LogP contribution is -2.52. The molecule has 0 N–H and O–H groups in total. The van der Waals surface area contributed by atoms with Crippen molar-refractivity contribution in [3.05, 3.63) is 88.5 Å². The van der Waals surface area contributed by atoms with Crippen molar-refractivity contribution in [1.29, 1.82) is 0 Å². The molecule has 0 spiro atoms. The first kappa shape index (κ1) is 34.1. The molecule has 0 aliphatic carbocycles. The molecule has 0 aromatic heterocycles. The smallest absolute Gasteiger partial charge is 0.410 e. The summed E-state index contributed by atoms with van der Waals surface area (Å²) in [7, 11) is 3.25. The maximum absolute atomic E-state index is 14.2. The molecule has 2 aliphatic rings. The van der Waals surface area contributed by atoms with Gasteiger partial charge in [0.1, 0.15) is 29.6 Å². The normalized spacial score (nSPS) is 19.4. The average Bonchev–Trinajstić information content (AvgIpc) is 3.80. The summed E-state index contributed by atoms with van der Waals surface area (Å²) in [4.78, 5) is 31.5. The first-order valence-corrected chi connectivity index (χ1v) is 16.2. The van der Waals surface area contributed by atoms with E-state index in [0.29, 0.717) is 43.4 Å². The molecule has 0 bridgehead atoms. The van der Waals surface area contributed by atoms with Gasteiger partial charge in [-0.15, -0.1) is 0 Å². The monoisotopic (exact) mass is 644 g/mol. The molecule has 1 fully saturated rings. The minimum atomic E-state index is -0.697. The molecule has 0 saturated carbocycles. The third kappa shape index (κ3) is 7.67. The van der Waals surface area contributed by atoms with E-state index in [1.54, 1.807) is 19.1 Å². The van der Waals surface area contributed by atoms with Crippen LogP contribution in [-0.2, 0) is 33.8 Å². The van der Waals surface area contributed by atoms with Gasteiger partial charge in [0.2, 0.25) is 0 Å². The topological polar surface area (TPSA) is 86.5 Å². The fraction of sp³-hybridized carbons (Fsp3) is 0.474. The molecule has 47 heavy (non-hydrogen) atoms. The van der Waals surface area contributed by atoms with E-state index in [0.717, 1.165) is 27.8 Å². The molecule has 252 valence electrons. The molecule has 9 nitrogen and oxygen atoms in total. The standard InChI is InChI=1S/C38H48N2O7/c1-24-32(43-8)27-20-28(35(41)46-37(2,3)4)39(21-25-16-12-10-13-17-25)31(29-22-40(29)36(42)47-38(5,6)7)30(27)34(33(24)44-9)45-23-26-18-14-11-15-19-26/h10-19,28-29,31H,20-23H2,1-9H3/t28?,29-,31-,40?/m0/s1. The van der Waals surface area contributed by atoms with Gasteiger partial charge in [0.25, 0.3) is 0 Å². The van der Waals surface area contributed by atoms with Crippen molar-refractivity contribution in [3.63, 3.8) is 0 Å². The fourth-order valence-corrected chi connectivity index (χ4v) is 6.42. The number of carbonyl (C=O) groups excluding carboxylic acids is 2. The summed E-state index contributed by atoms with van der Waals surface area (Å²) in [5.74, 6) is 1.43. The summed E-state index contributed by atoms with van der Waals surface area (Å²) >= 11 is 0. The number of fused-ring (bicyclic) bond motifs is 1. The number of amides is 1. The van der Waals surface area contributed by atoms with Crippen molar-refractivity contribution < 1.29 is 33.3 Å². The average molecular weight is 645 g/mol. The highest BCUT2D eigenvalue weighted by Gasteiger charge is 2.55. The van der Waals surface area contributed by atoms with Crippen molar-refractivity contribution in [2.45, 2.75) is 97.4 Å². The summed E-state index contributed by atoms with van der Waals surface area (Å²) in [6.07, 6.45) is -0.0801. The fourth-order valence-electron chi connectivity index (χ4n) is 6.42. The van der Waals surface area contributed by atoms with Crippen LogP contribution in [0.2, 0.25) is 0 Å². The van der Waals surface area contributed by atoms with Crippen molar-refractivity contribution in [2.24, 2.45) is 0 Å². The lowest BCUT2D eigenvalue weighted by molar-refractivity contribution is -0.163. The Kier molecular flexibility index (Phi) is 9.78. The van der Waals surface area contributed by atoms with E-state index in [1.807, 2.05) is 109 Å². The van der Waals surface area contributed by atoms with E-state index in [-0.39, 0.29) is 12.0 Å². The van der Waals surface area contributed by atoms with Crippen LogP contribution in [0.4, 0.5) is 4.79 Å². The van der Waals surface area contributed by atoms with Crippen LogP contribution in [0.15, 0.2) is 60.7 Å². The predicted molar refractivity (Wildman–Crippen MR) is 180 cm³/mol. The van der Waals surface area contributed by atoms with Gasteiger partial charge in [-0.05, 0) is 59.6 Å². The number of benzene rings is 3. The second kappa shape index (κ2) is 13.5. The molecule has 5 rings (SSSR count). The predicted octanol–water partition coefficient (Wildman–Crippen LogP) is 7.02. The molecule has 3 atom stereocenters. The zero-order chi connectivity index (χ0) is 34.1. The molecule has 3 aromatic rings. The third-order valence-electron chi connectivity index (χ3n) is 8.35. The molecule has 1 saturated heterocycles. The molecular weight excluding hydrogens is 596 g/mol. The van der Waals surface area contributed by atoms with Crippen molar-refractivity contribution in [1.82, 2.24) is 9.80 Å². The zero-order valence-corrected chi connectivity index (χ0v) is 29.1. The molecule has 9 heteroatoms. The number of rotatable bonds is 9. The Morgan fingerprint density at radius 2 is 1.36 bits per heavy atom. The van der Waals surface area contributed by atoms with Crippen LogP contribution in [0.25, 0.3) is 0 Å². The first-order valence-electron chi connectivity index (χ1n) is 16.2. The molecule has 2 aliphatic heterocycles. The Balaban J connectivity index is 1.72. The molecule has 3 aromatic carbocycles. The summed E-state index contributed by atoms with van der Waals surface area (Å²) in [5, 5.41) is 0. The van der Waals surface area contributed by atoms with Gasteiger partial charge in [-0.3, -0.25) is 14.6 Å². The number of hydrogen-bond acceptors (Lipinski definition) is 8. The molecule has 1 unspecified atom stereocenters. The highest BCUT2D eigenvalue weighted by atomic mass is 16.6. The van der Waals surface area contributed by atoms with Crippen LogP contribution in [0, 0.1) is 6.92 Å². The maximum Gasteiger partial charge on any atom is 0.410 e. The molecular formula is C38H48N2O7. The Morgan fingerprint density at radius 1 is 0.787 bits per heavy atom. The van der Waals surface area contributed by atoms with E-state index in [4.69, 9.17) is 23.7 Å². The zero-order valence-electron chi connectivity index (χ0n) is 29.1. The second-order valence-electron chi connectivity index (χ2n) is 14.2. The van der Waals surface area contributed by atoms with Gasteiger partial charge >= 0.3 is 12.1 Å². The molecule has 2 heterocycles. The summed E-state index contributed by atoms with van der Waals surface area (Å²) in [6.45, 7) is 14.3. The lowest BCUT2D eigenvalue weighted by Gasteiger charge is -2.44. The van der Waals surface area contributed by atoms with Gasteiger partial charge in [0.15, 0.2) is 11.5 Å². The maximum atomic E-state index is 14.2. The van der Waals surface area contributed by atoms with E-state index in [2.05, 4.69) is 4.90 Å². The van der Waals surface area contributed by atoms with Gasteiger partial charge in [-0.1, -0.05) is 60.7 Å². The van der Waals surface area contributed by atoms with Gasteiger partial charge < -0.3 is 23.7 Å². The number of methoxy groups -OCH3 is 2. The highest BCUT2D eigenvalue weighted by Crippen LogP contribution is 2.54. The Hall–Kier alpha value is -4.24. The number of ether oxygens (including phenoxy) is 5. The Labute approximate surface area is 278 Å². The van der Waals surface area contributed by atoms with Gasteiger partial charge in [-0.2, -0.15) is 0 Å². The quantitative estimate of drug-likeness (QED) is 0.182. The minimum Gasteiger partial charge on any atom is -0.496 e. The lowest BCUT2D eigenvalue weighted by atomic mass is 9.83. The summed E-state index contributed by atoms with van der Waals surface area (Å²) in [5.41, 5.74) is 3.12. The van der Waals surface area contributed by atoms with Crippen LogP contribution in [0.5, 0.6) is 17.2 Å². The van der Waals surface area contributed by atoms with Crippen LogP contribution in [0.3, 0.4) is 0 Å². The second-order valence-corrected chi connectivity index (χ2v) is 14.2. The number of hydrogen-bond donors (Lipinski definition) is 0. The Bertz CT molecular complexity index is 1580. The SMILES string of the molecule is COc1c(C)c(OC)c(OCc2ccccc2)c2c1CC(C(=O)OC(C)(C)C)N(Cc1ccccc1)[C@H]2[C@@H]1CN1C(=O)OC(C)(C)C. The number of esters is 1. The third-order valence-corrected chi connectivity index (χ3v) is 8.35. The van der Waals surface area contributed by atoms with Crippen molar-refractivity contribution in [2.75, 3.05) is 20.8 Å². The van der Waals surface area contributed by atoms with E-state index >= 15 is 0 Å². The van der Waals surface area contributed by atoms with Crippen LogP contribution in [-0.4, -0.2) is 65.9 Å². The van der Waals surface area contributed by atoms with E-state index in [9.17, 15) is 9.59 Å².